The molecule has 1 aromatic rings. The van der Waals surface area contributed by atoms with Crippen molar-refractivity contribution in [2.24, 2.45) is 5.92 Å². The third-order valence-electron chi connectivity index (χ3n) is 3.71. The van der Waals surface area contributed by atoms with Crippen molar-refractivity contribution < 1.29 is 4.74 Å². The minimum Gasteiger partial charge on any atom is -0.470 e. The van der Waals surface area contributed by atoms with Gasteiger partial charge in [-0.1, -0.05) is 0 Å². The van der Waals surface area contributed by atoms with Crippen molar-refractivity contribution in [1.82, 2.24) is 4.98 Å². The van der Waals surface area contributed by atoms with Crippen LogP contribution in [0.1, 0.15) is 46.5 Å². The number of hydrogen-bond donors (Lipinski definition) is 1. The molecule has 0 aromatic carbocycles. The predicted octanol–water partition coefficient (Wildman–Crippen LogP) is 3.22. The minimum atomic E-state index is -0.277. The van der Waals surface area contributed by atoms with E-state index in [1.54, 1.807) is 0 Å². The molecule has 3 rings (SSSR count). The molecule has 2 fully saturated rings. The number of nitrogens with zero attached hydrogens (tertiary/aromatic N) is 2. The maximum absolute atomic E-state index is 6.00. The van der Waals surface area contributed by atoms with Crippen LogP contribution in [0.3, 0.4) is 0 Å². The summed E-state index contributed by atoms with van der Waals surface area (Å²) in [6.07, 6.45) is 5.30. The number of nitrogen functional groups attached to an aromatic ring is 1. The molecule has 0 atom stereocenters. The minimum absolute atomic E-state index is 0.277. The molecule has 4 nitrogen and oxygen atoms in total. The van der Waals surface area contributed by atoms with Crippen LogP contribution < -0.4 is 15.4 Å². The molecule has 1 aromatic heterocycles. The van der Waals surface area contributed by atoms with E-state index in [9.17, 15) is 0 Å². The molecule has 0 radical (unpaired) electrons. The molecule has 0 spiro atoms. The van der Waals surface area contributed by atoms with Crippen LogP contribution in [0.2, 0.25) is 0 Å². The zero-order valence-corrected chi connectivity index (χ0v) is 12.7. The van der Waals surface area contributed by atoms with Gasteiger partial charge >= 0.3 is 0 Å². The largest absolute Gasteiger partial charge is 0.470 e. The van der Waals surface area contributed by atoms with E-state index in [1.165, 1.54) is 25.7 Å². The Kier molecular flexibility index (Phi) is 3.27. The molecule has 0 amide bonds. The van der Waals surface area contributed by atoms with Gasteiger partial charge in [-0.2, -0.15) is 4.98 Å². The Hall–Kier alpha value is -1.45. The fourth-order valence-electron chi connectivity index (χ4n) is 2.37. The normalized spacial score (nSPS) is 18.9. The molecule has 20 heavy (non-hydrogen) atoms. The second-order valence-electron chi connectivity index (χ2n) is 7.11. The molecular weight excluding hydrogens is 250 g/mol. The van der Waals surface area contributed by atoms with Crippen molar-refractivity contribution in [3.63, 3.8) is 0 Å². The zero-order chi connectivity index (χ0) is 14.3. The first-order valence-corrected chi connectivity index (χ1v) is 7.64. The second-order valence-corrected chi connectivity index (χ2v) is 7.11. The van der Waals surface area contributed by atoms with Gasteiger partial charge in [0.25, 0.3) is 0 Å². The van der Waals surface area contributed by atoms with Gasteiger partial charge in [-0.05, 0) is 64.5 Å². The van der Waals surface area contributed by atoms with Gasteiger partial charge < -0.3 is 15.4 Å². The van der Waals surface area contributed by atoms with E-state index in [-0.39, 0.29) is 5.60 Å². The van der Waals surface area contributed by atoms with Crippen LogP contribution in [-0.4, -0.2) is 23.2 Å². The number of ether oxygens (including phenoxy) is 1. The molecule has 0 saturated heterocycles. The van der Waals surface area contributed by atoms with Crippen LogP contribution in [0.5, 0.6) is 5.88 Å². The van der Waals surface area contributed by atoms with E-state index in [1.807, 2.05) is 32.9 Å². The quantitative estimate of drug-likeness (QED) is 0.896. The van der Waals surface area contributed by atoms with Crippen LogP contribution in [0.25, 0.3) is 0 Å². The van der Waals surface area contributed by atoms with Gasteiger partial charge in [0.05, 0.1) is 5.69 Å². The Labute approximate surface area is 121 Å². The first-order chi connectivity index (χ1) is 9.42. The van der Waals surface area contributed by atoms with Gasteiger partial charge in [0.2, 0.25) is 5.88 Å². The summed E-state index contributed by atoms with van der Waals surface area (Å²) in [6, 6.07) is 4.63. The monoisotopic (exact) mass is 275 g/mol. The van der Waals surface area contributed by atoms with E-state index >= 15 is 0 Å². The average molecular weight is 275 g/mol. The summed E-state index contributed by atoms with van der Waals surface area (Å²) >= 11 is 0. The maximum atomic E-state index is 6.00. The summed E-state index contributed by atoms with van der Waals surface area (Å²) < 4.78 is 5.88. The average Bonchev–Trinajstić information content (AvgIpc) is 3.22. The third-order valence-corrected chi connectivity index (χ3v) is 3.71. The van der Waals surface area contributed by atoms with E-state index in [0.29, 0.717) is 17.6 Å². The molecule has 2 aliphatic carbocycles. The molecule has 0 unspecified atom stereocenters. The number of aromatic nitrogens is 1. The van der Waals surface area contributed by atoms with Gasteiger partial charge in [-0.3, -0.25) is 0 Å². The van der Waals surface area contributed by atoms with E-state index in [4.69, 9.17) is 10.5 Å². The van der Waals surface area contributed by atoms with Crippen LogP contribution in [0, 0.1) is 5.92 Å². The van der Waals surface area contributed by atoms with Crippen molar-refractivity contribution >= 4 is 11.5 Å². The van der Waals surface area contributed by atoms with Crippen LogP contribution >= 0.6 is 0 Å². The molecule has 110 valence electrons. The van der Waals surface area contributed by atoms with Crippen LogP contribution in [0.4, 0.5) is 11.5 Å². The van der Waals surface area contributed by atoms with Crippen molar-refractivity contribution in [1.29, 1.82) is 0 Å². The second kappa shape index (κ2) is 4.83. The molecule has 0 aliphatic heterocycles. The Balaban J connectivity index is 1.82. The highest BCUT2D eigenvalue weighted by Crippen LogP contribution is 2.38. The highest BCUT2D eigenvalue weighted by atomic mass is 16.5. The smallest absolute Gasteiger partial charge is 0.239 e. The van der Waals surface area contributed by atoms with Crippen molar-refractivity contribution in [2.75, 3.05) is 17.2 Å². The number of anilines is 2. The Morgan fingerprint density at radius 3 is 2.50 bits per heavy atom. The number of pyridine rings is 1. The Morgan fingerprint density at radius 2 is 1.95 bits per heavy atom. The fourth-order valence-corrected chi connectivity index (χ4v) is 2.37. The standard InChI is InChI=1S/C16H25N3O/c1-16(2,3)20-15-13(17)8-9-14(18-15)19(12-6-7-12)10-11-4-5-11/h8-9,11-12H,4-7,10,17H2,1-3H3. The lowest BCUT2D eigenvalue weighted by atomic mass is 10.2. The van der Waals surface area contributed by atoms with Crippen LogP contribution in [-0.2, 0) is 0 Å². The van der Waals surface area contributed by atoms with Crippen molar-refractivity contribution in [3.05, 3.63) is 12.1 Å². The Morgan fingerprint density at radius 1 is 1.25 bits per heavy atom. The molecule has 0 bridgehead atoms. The highest BCUT2D eigenvalue weighted by molar-refractivity contribution is 5.55. The predicted molar refractivity (Wildman–Crippen MR) is 82.1 cm³/mol. The lowest BCUT2D eigenvalue weighted by molar-refractivity contribution is 0.125. The summed E-state index contributed by atoms with van der Waals surface area (Å²) in [6.45, 7) is 7.19. The molecule has 2 saturated carbocycles. The van der Waals surface area contributed by atoms with E-state index in [0.717, 1.165) is 18.3 Å². The number of hydrogen-bond acceptors (Lipinski definition) is 4. The first kappa shape index (κ1) is 13.5. The molecule has 4 heteroatoms. The number of nitrogens with two attached hydrogens (primary N) is 1. The first-order valence-electron chi connectivity index (χ1n) is 7.64. The summed E-state index contributed by atoms with van der Waals surface area (Å²) in [4.78, 5) is 7.13. The summed E-state index contributed by atoms with van der Waals surface area (Å²) in [7, 11) is 0. The van der Waals surface area contributed by atoms with Crippen molar-refractivity contribution in [3.8, 4) is 5.88 Å². The molecular formula is C16H25N3O. The van der Waals surface area contributed by atoms with Gasteiger partial charge in [0.1, 0.15) is 11.4 Å². The summed E-state index contributed by atoms with van der Waals surface area (Å²) in [5, 5.41) is 0. The van der Waals surface area contributed by atoms with E-state index < -0.39 is 0 Å². The summed E-state index contributed by atoms with van der Waals surface area (Å²) in [5.74, 6) is 2.45. The molecule has 2 aliphatic rings. The van der Waals surface area contributed by atoms with Gasteiger partial charge in [-0.25, -0.2) is 0 Å². The van der Waals surface area contributed by atoms with Gasteiger partial charge in [0.15, 0.2) is 0 Å². The van der Waals surface area contributed by atoms with E-state index in [2.05, 4.69) is 9.88 Å². The summed E-state index contributed by atoms with van der Waals surface area (Å²) in [5.41, 5.74) is 6.34. The molecule has 2 N–H and O–H groups in total. The van der Waals surface area contributed by atoms with Gasteiger partial charge in [0, 0.05) is 12.6 Å². The zero-order valence-electron chi connectivity index (χ0n) is 12.7. The maximum Gasteiger partial charge on any atom is 0.239 e. The van der Waals surface area contributed by atoms with Gasteiger partial charge in [-0.15, -0.1) is 0 Å². The van der Waals surface area contributed by atoms with Crippen LogP contribution in [0.15, 0.2) is 12.1 Å². The highest BCUT2D eigenvalue weighted by Gasteiger charge is 2.34. The topological polar surface area (TPSA) is 51.4 Å². The molecule has 1 heterocycles. The fraction of sp³-hybridized carbons (Fsp3) is 0.688. The SMILES string of the molecule is CC(C)(C)Oc1nc(N(CC2CC2)C2CC2)ccc1N. The Bertz CT molecular complexity index is 487. The lowest BCUT2D eigenvalue weighted by Crippen LogP contribution is -2.30. The lowest BCUT2D eigenvalue weighted by Gasteiger charge is -2.26. The third kappa shape index (κ3) is 3.35. The number of rotatable bonds is 5. The van der Waals surface area contributed by atoms with Crippen molar-refractivity contribution in [2.45, 2.75) is 58.1 Å².